The van der Waals surface area contributed by atoms with E-state index in [2.05, 4.69) is 20.8 Å². The van der Waals surface area contributed by atoms with Crippen molar-refractivity contribution in [2.75, 3.05) is 0 Å². The summed E-state index contributed by atoms with van der Waals surface area (Å²) >= 11 is 0. The highest BCUT2D eigenvalue weighted by atomic mass is 16.1. The molecule has 1 unspecified atom stereocenters. The van der Waals surface area contributed by atoms with Gasteiger partial charge in [0.05, 0.1) is 0 Å². The highest BCUT2D eigenvalue weighted by Crippen LogP contribution is 2.13. The summed E-state index contributed by atoms with van der Waals surface area (Å²) in [5, 5.41) is 0. The Morgan fingerprint density at radius 2 is 1.59 bits per heavy atom. The SMILES string of the molecule is [CH2]C(CCC(=O)CCCC)C(=O)CCCCC. The fourth-order valence-electron chi connectivity index (χ4n) is 1.75. The highest BCUT2D eigenvalue weighted by molar-refractivity contribution is 5.83. The Morgan fingerprint density at radius 1 is 0.941 bits per heavy atom. The molecule has 0 amide bonds. The lowest BCUT2D eigenvalue weighted by Crippen LogP contribution is -2.13. The van der Waals surface area contributed by atoms with Gasteiger partial charge < -0.3 is 0 Å². The first-order valence-electron chi connectivity index (χ1n) is 6.99. The molecule has 17 heavy (non-hydrogen) atoms. The number of hydrogen-bond donors (Lipinski definition) is 0. The zero-order valence-electron chi connectivity index (χ0n) is 11.5. The van der Waals surface area contributed by atoms with E-state index in [9.17, 15) is 9.59 Å². The zero-order valence-corrected chi connectivity index (χ0v) is 11.5. The van der Waals surface area contributed by atoms with Crippen molar-refractivity contribution in [2.45, 2.75) is 71.6 Å². The molecule has 0 aromatic carbocycles. The number of carbonyl (C=O) groups excluding carboxylic acids is 2. The molecule has 1 atom stereocenters. The molecule has 0 heterocycles. The number of carbonyl (C=O) groups is 2. The van der Waals surface area contributed by atoms with Crippen LogP contribution in [0.2, 0.25) is 0 Å². The summed E-state index contributed by atoms with van der Waals surface area (Å²) in [6.45, 7) is 8.07. The summed E-state index contributed by atoms with van der Waals surface area (Å²) in [5.74, 6) is 0.320. The van der Waals surface area contributed by atoms with Crippen molar-refractivity contribution in [1.29, 1.82) is 0 Å². The predicted molar refractivity (Wildman–Crippen MR) is 71.8 cm³/mol. The lowest BCUT2D eigenvalue weighted by molar-refractivity contribution is -0.122. The van der Waals surface area contributed by atoms with E-state index in [1.807, 2.05) is 0 Å². The second-order valence-electron chi connectivity index (χ2n) is 4.80. The van der Waals surface area contributed by atoms with E-state index < -0.39 is 0 Å². The molecule has 2 heteroatoms. The Kier molecular flexibility index (Phi) is 10.1. The van der Waals surface area contributed by atoms with E-state index in [1.165, 1.54) is 0 Å². The van der Waals surface area contributed by atoms with Gasteiger partial charge in [-0.3, -0.25) is 9.59 Å². The average Bonchev–Trinajstić information content (AvgIpc) is 2.33. The number of rotatable bonds is 11. The van der Waals surface area contributed by atoms with Crippen molar-refractivity contribution in [3.05, 3.63) is 6.92 Å². The molecule has 0 spiro atoms. The van der Waals surface area contributed by atoms with Gasteiger partial charge in [-0.15, -0.1) is 0 Å². The van der Waals surface area contributed by atoms with Crippen LogP contribution in [-0.2, 0) is 9.59 Å². The Bertz CT molecular complexity index is 221. The number of hydrogen-bond acceptors (Lipinski definition) is 2. The van der Waals surface area contributed by atoms with Crippen molar-refractivity contribution in [1.82, 2.24) is 0 Å². The Labute approximate surface area is 106 Å². The molecule has 0 saturated heterocycles. The van der Waals surface area contributed by atoms with Gasteiger partial charge in [0, 0.05) is 25.2 Å². The molecule has 99 valence electrons. The monoisotopic (exact) mass is 239 g/mol. The second-order valence-corrected chi connectivity index (χ2v) is 4.80. The van der Waals surface area contributed by atoms with Crippen LogP contribution in [0.4, 0.5) is 0 Å². The van der Waals surface area contributed by atoms with Crippen LogP contribution in [-0.4, -0.2) is 11.6 Å². The van der Waals surface area contributed by atoms with Crippen LogP contribution in [0, 0.1) is 12.8 Å². The van der Waals surface area contributed by atoms with E-state index in [1.54, 1.807) is 0 Å². The van der Waals surface area contributed by atoms with Crippen molar-refractivity contribution in [2.24, 2.45) is 5.92 Å². The maximum absolute atomic E-state index is 11.7. The van der Waals surface area contributed by atoms with Gasteiger partial charge in [-0.05, 0) is 26.2 Å². The van der Waals surface area contributed by atoms with Crippen molar-refractivity contribution in [3.8, 4) is 0 Å². The third kappa shape index (κ3) is 9.08. The molecule has 0 aromatic heterocycles. The van der Waals surface area contributed by atoms with Crippen LogP contribution in [0.25, 0.3) is 0 Å². The average molecular weight is 239 g/mol. The van der Waals surface area contributed by atoms with Gasteiger partial charge in [-0.25, -0.2) is 0 Å². The Morgan fingerprint density at radius 3 is 2.18 bits per heavy atom. The molecule has 0 N–H and O–H groups in total. The Balaban J connectivity index is 3.65. The molecule has 0 aliphatic heterocycles. The molecule has 0 aliphatic carbocycles. The lowest BCUT2D eigenvalue weighted by Gasteiger charge is -2.09. The summed E-state index contributed by atoms with van der Waals surface area (Å²) < 4.78 is 0. The molecule has 0 aromatic rings. The van der Waals surface area contributed by atoms with Crippen molar-refractivity contribution < 1.29 is 9.59 Å². The first kappa shape index (κ1) is 16.3. The number of unbranched alkanes of at least 4 members (excludes halogenated alkanes) is 3. The molecule has 0 fully saturated rings. The Hall–Kier alpha value is -0.660. The predicted octanol–water partition coefficient (Wildman–Crippen LogP) is 4.13. The normalized spacial score (nSPS) is 12.4. The summed E-state index contributed by atoms with van der Waals surface area (Å²) in [5.41, 5.74) is 0. The first-order valence-corrected chi connectivity index (χ1v) is 6.99. The van der Waals surface area contributed by atoms with Gasteiger partial charge in [0.25, 0.3) is 0 Å². The highest BCUT2D eigenvalue weighted by Gasteiger charge is 2.13. The summed E-state index contributed by atoms with van der Waals surface area (Å²) in [7, 11) is 0. The van der Waals surface area contributed by atoms with Gasteiger partial charge in [-0.1, -0.05) is 33.1 Å². The van der Waals surface area contributed by atoms with E-state index in [0.29, 0.717) is 25.7 Å². The van der Waals surface area contributed by atoms with Gasteiger partial charge in [0.15, 0.2) is 0 Å². The standard InChI is InChI=1S/C15H27O2/c1-4-6-8-10-15(17)13(3)11-12-14(16)9-7-5-2/h13H,3-12H2,1-2H3. The third-order valence-corrected chi connectivity index (χ3v) is 3.06. The van der Waals surface area contributed by atoms with Gasteiger partial charge >= 0.3 is 0 Å². The third-order valence-electron chi connectivity index (χ3n) is 3.06. The summed E-state index contributed by atoms with van der Waals surface area (Å²) in [6, 6.07) is 0. The molecule has 1 radical (unpaired) electrons. The van der Waals surface area contributed by atoms with Crippen LogP contribution in [0.3, 0.4) is 0 Å². The number of ketones is 2. The van der Waals surface area contributed by atoms with E-state index in [4.69, 9.17) is 0 Å². The van der Waals surface area contributed by atoms with Gasteiger partial charge in [-0.2, -0.15) is 0 Å². The van der Waals surface area contributed by atoms with E-state index in [0.717, 1.165) is 32.1 Å². The van der Waals surface area contributed by atoms with Gasteiger partial charge in [0.2, 0.25) is 0 Å². The van der Waals surface area contributed by atoms with E-state index in [-0.39, 0.29) is 17.5 Å². The maximum Gasteiger partial charge on any atom is 0.135 e. The molecule has 0 bridgehead atoms. The minimum Gasteiger partial charge on any atom is -0.300 e. The van der Waals surface area contributed by atoms with Crippen LogP contribution < -0.4 is 0 Å². The summed E-state index contributed by atoms with van der Waals surface area (Å²) in [6.07, 6.45) is 7.66. The largest absolute Gasteiger partial charge is 0.300 e. The topological polar surface area (TPSA) is 34.1 Å². The zero-order chi connectivity index (χ0) is 13.1. The van der Waals surface area contributed by atoms with Crippen LogP contribution >= 0.6 is 0 Å². The maximum atomic E-state index is 11.7. The first-order chi connectivity index (χ1) is 8.11. The quantitative estimate of drug-likeness (QED) is 0.508. The van der Waals surface area contributed by atoms with Gasteiger partial charge in [0.1, 0.15) is 11.6 Å². The minimum atomic E-state index is -0.183. The number of Topliss-reactive ketones (excluding diaryl/α,β-unsaturated/α-hetero) is 2. The lowest BCUT2D eigenvalue weighted by atomic mass is 9.94. The van der Waals surface area contributed by atoms with Crippen molar-refractivity contribution in [3.63, 3.8) is 0 Å². The van der Waals surface area contributed by atoms with Crippen LogP contribution in [0.5, 0.6) is 0 Å². The fourth-order valence-corrected chi connectivity index (χ4v) is 1.75. The van der Waals surface area contributed by atoms with Crippen LogP contribution in [0.15, 0.2) is 0 Å². The molecule has 0 rings (SSSR count). The van der Waals surface area contributed by atoms with Crippen LogP contribution in [0.1, 0.15) is 71.6 Å². The molecule has 0 aliphatic rings. The minimum absolute atomic E-state index is 0.183. The smallest absolute Gasteiger partial charge is 0.135 e. The molecule has 0 saturated carbocycles. The fraction of sp³-hybridized carbons (Fsp3) is 0.800. The van der Waals surface area contributed by atoms with Crippen molar-refractivity contribution >= 4 is 11.6 Å². The summed E-state index contributed by atoms with van der Waals surface area (Å²) in [4.78, 5) is 23.1. The molecular weight excluding hydrogens is 212 g/mol. The van der Waals surface area contributed by atoms with E-state index >= 15 is 0 Å². The molecular formula is C15H27O2. The molecule has 2 nitrogen and oxygen atoms in total. The second kappa shape index (κ2) is 10.5.